The summed E-state index contributed by atoms with van der Waals surface area (Å²) in [5, 5.41) is 10.9. The first-order valence-electron chi connectivity index (χ1n) is 7.99. The van der Waals surface area contributed by atoms with Crippen LogP contribution in [0.4, 0.5) is 4.79 Å². The molecule has 7 heteroatoms. The molecule has 0 bridgehead atoms. The molecule has 6 nitrogen and oxygen atoms in total. The molecule has 0 radical (unpaired) electrons. The lowest BCUT2D eigenvalue weighted by Crippen LogP contribution is -2.38. The van der Waals surface area contributed by atoms with E-state index in [1.165, 1.54) is 0 Å². The van der Waals surface area contributed by atoms with Gasteiger partial charge in [0, 0.05) is 38.8 Å². The second-order valence-corrected chi connectivity index (χ2v) is 6.18. The summed E-state index contributed by atoms with van der Waals surface area (Å²) in [6.07, 6.45) is 2.00. The van der Waals surface area contributed by atoms with E-state index in [0.29, 0.717) is 12.5 Å². The highest BCUT2D eigenvalue weighted by atomic mass is 35.5. The first kappa shape index (κ1) is 17.1. The molecule has 1 fully saturated rings. The highest BCUT2D eigenvalue weighted by molar-refractivity contribution is 6.30. The van der Waals surface area contributed by atoms with Crippen LogP contribution in [-0.2, 0) is 20.0 Å². The number of nitrogens with zero attached hydrogens (tertiary/aromatic N) is 3. The van der Waals surface area contributed by atoms with Crippen LogP contribution in [0, 0.1) is 5.92 Å². The Labute approximate surface area is 137 Å². The summed E-state index contributed by atoms with van der Waals surface area (Å²) < 4.78 is 1.75. The topological polar surface area (TPSA) is 62.2 Å². The van der Waals surface area contributed by atoms with Crippen molar-refractivity contribution in [2.24, 2.45) is 13.0 Å². The smallest absolute Gasteiger partial charge is 0.314 e. The van der Waals surface area contributed by atoms with Crippen molar-refractivity contribution in [2.75, 3.05) is 26.2 Å². The SMILES string of the molecule is CCNC(=O)NC[C@@H]1CCN(Cc2c(CC)nn(C)c2Cl)C1. The van der Waals surface area contributed by atoms with Crippen LogP contribution in [0.15, 0.2) is 0 Å². The van der Waals surface area contributed by atoms with Crippen LogP contribution in [-0.4, -0.2) is 46.9 Å². The molecule has 0 aromatic carbocycles. The normalized spacial score (nSPS) is 18.6. The summed E-state index contributed by atoms with van der Waals surface area (Å²) in [5.74, 6) is 0.503. The third kappa shape index (κ3) is 4.14. The quantitative estimate of drug-likeness (QED) is 0.837. The zero-order chi connectivity index (χ0) is 16.1. The lowest BCUT2D eigenvalue weighted by atomic mass is 10.1. The number of carbonyl (C=O) groups is 1. The molecule has 1 atom stereocenters. The van der Waals surface area contributed by atoms with E-state index >= 15 is 0 Å². The van der Waals surface area contributed by atoms with E-state index in [0.717, 1.165) is 55.4 Å². The van der Waals surface area contributed by atoms with Gasteiger partial charge in [-0.2, -0.15) is 5.10 Å². The third-order valence-corrected chi connectivity index (χ3v) is 4.60. The maximum Gasteiger partial charge on any atom is 0.314 e. The van der Waals surface area contributed by atoms with E-state index in [4.69, 9.17) is 11.6 Å². The van der Waals surface area contributed by atoms with E-state index in [-0.39, 0.29) is 6.03 Å². The van der Waals surface area contributed by atoms with Crippen LogP contribution in [0.2, 0.25) is 5.15 Å². The summed E-state index contributed by atoms with van der Waals surface area (Å²) in [6, 6.07) is -0.0791. The van der Waals surface area contributed by atoms with Crippen molar-refractivity contribution in [2.45, 2.75) is 33.2 Å². The fraction of sp³-hybridized carbons (Fsp3) is 0.733. The average Bonchev–Trinajstić information content (AvgIpc) is 3.05. The van der Waals surface area contributed by atoms with Crippen LogP contribution >= 0.6 is 11.6 Å². The van der Waals surface area contributed by atoms with Gasteiger partial charge in [0.25, 0.3) is 0 Å². The lowest BCUT2D eigenvalue weighted by Gasteiger charge is -2.16. The van der Waals surface area contributed by atoms with Gasteiger partial charge in [-0.15, -0.1) is 0 Å². The molecule has 1 saturated heterocycles. The second-order valence-electron chi connectivity index (χ2n) is 5.82. The van der Waals surface area contributed by atoms with Gasteiger partial charge in [-0.25, -0.2) is 4.79 Å². The Kier molecular flexibility index (Phi) is 6.08. The van der Waals surface area contributed by atoms with Crippen molar-refractivity contribution in [3.05, 3.63) is 16.4 Å². The molecule has 2 heterocycles. The predicted molar refractivity (Wildman–Crippen MR) is 88.1 cm³/mol. The molecule has 0 aliphatic carbocycles. The van der Waals surface area contributed by atoms with Crippen molar-refractivity contribution in [1.82, 2.24) is 25.3 Å². The zero-order valence-electron chi connectivity index (χ0n) is 13.7. The number of hydrogen-bond donors (Lipinski definition) is 2. The van der Waals surface area contributed by atoms with Crippen LogP contribution in [0.1, 0.15) is 31.5 Å². The number of urea groups is 1. The monoisotopic (exact) mass is 327 g/mol. The molecular weight excluding hydrogens is 302 g/mol. The Balaban J connectivity index is 1.85. The molecule has 1 aromatic rings. The molecule has 0 saturated carbocycles. The Morgan fingerprint density at radius 2 is 2.18 bits per heavy atom. The summed E-state index contributed by atoms with van der Waals surface area (Å²) >= 11 is 6.35. The standard InChI is InChI=1S/C15H26ClN5O/c1-4-13-12(14(16)20(3)19-13)10-21-7-6-11(9-21)8-18-15(22)17-5-2/h11H,4-10H2,1-3H3,(H2,17,18,22)/t11-/m0/s1. The van der Waals surface area contributed by atoms with Gasteiger partial charge in [0.2, 0.25) is 0 Å². The number of carbonyl (C=O) groups excluding carboxylic acids is 1. The van der Waals surface area contributed by atoms with Gasteiger partial charge in [-0.05, 0) is 32.2 Å². The van der Waals surface area contributed by atoms with Crippen molar-refractivity contribution >= 4 is 17.6 Å². The molecule has 1 aromatic heterocycles. The molecule has 124 valence electrons. The Hall–Kier alpha value is -1.27. The Morgan fingerprint density at radius 1 is 1.41 bits per heavy atom. The molecule has 1 aliphatic rings. The Morgan fingerprint density at radius 3 is 2.86 bits per heavy atom. The number of likely N-dealkylation sites (tertiary alicyclic amines) is 1. The van der Waals surface area contributed by atoms with Crippen molar-refractivity contribution in [1.29, 1.82) is 0 Å². The van der Waals surface area contributed by atoms with Crippen LogP contribution in [0.5, 0.6) is 0 Å². The second kappa shape index (κ2) is 7.83. The van der Waals surface area contributed by atoms with Gasteiger partial charge in [-0.3, -0.25) is 9.58 Å². The molecule has 0 unspecified atom stereocenters. The largest absolute Gasteiger partial charge is 0.338 e. The molecule has 0 spiro atoms. The van der Waals surface area contributed by atoms with Crippen LogP contribution in [0.3, 0.4) is 0 Å². The molecule has 2 rings (SSSR count). The minimum Gasteiger partial charge on any atom is -0.338 e. The van der Waals surface area contributed by atoms with Crippen molar-refractivity contribution < 1.29 is 4.79 Å². The number of amides is 2. The summed E-state index contributed by atoms with van der Waals surface area (Å²) in [5.41, 5.74) is 2.22. The van der Waals surface area contributed by atoms with Gasteiger partial charge >= 0.3 is 6.03 Å². The van der Waals surface area contributed by atoms with Gasteiger partial charge in [-0.1, -0.05) is 18.5 Å². The maximum atomic E-state index is 11.4. The fourth-order valence-corrected chi connectivity index (χ4v) is 3.15. The van der Waals surface area contributed by atoms with Gasteiger partial charge in [0.1, 0.15) is 5.15 Å². The number of rotatable bonds is 6. The number of hydrogen-bond acceptors (Lipinski definition) is 3. The van der Waals surface area contributed by atoms with Crippen LogP contribution < -0.4 is 10.6 Å². The first-order chi connectivity index (χ1) is 10.5. The number of halogens is 1. The van der Waals surface area contributed by atoms with E-state index in [1.807, 2.05) is 14.0 Å². The summed E-state index contributed by atoms with van der Waals surface area (Å²) in [4.78, 5) is 13.8. The van der Waals surface area contributed by atoms with E-state index in [2.05, 4.69) is 27.6 Å². The number of aromatic nitrogens is 2. The Bertz CT molecular complexity index is 516. The molecule has 22 heavy (non-hydrogen) atoms. The van der Waals surface area contributed by atoms with E-state index < -0.39 is 0 Å². The number of nitrogens with one attached hydrogen (secondary N) is 2. The molecule has 2 N–H and O–H groups in total. The summed E-state index contributed by atoms with van der Waals surface area (Å²) in [6.45, 7) is 8.26. The maximum absolute atomic E-state index is 11.4. The van der Waals surface area contributed by atoms with Gasteiger partial charge in [0.15, 0.2) is 0 Å². The van der Waals surface area contributed by atoms with Crippen molar-refractivity contribution in [3.8, 4) is 0 Å². The highest BCUT2D eigenvalue weighted by Gasteiger charge is 2.25. The fourth-order valence-electron chi connectivity index (χ4n) is 2.95. The molecule has 2 amide bonds. The summed E-state index contributed by atoms with van der Waals surface area (Å²) in [7, 11) is 1.88. The molecule has 1 aliphatic heterocycles. The minimum atomic E-state index is -0.0791. The number of aryl methyl sites for hydroxylation is 2. The lowest BCUT2D eigenvalue weighted by molar-refractivity contribution is 0.239. The van der Waals surface area contributed by atoms with Crippen LogP contribution in [0.25, 0.3) is 0 Å². The zero-order valence-corrected chi connectivity index (χ0v) is 14.4. The predicted octanol–water partition coefficient (Wildman–Crippen LogP) is 1.78. The van der Waals surface area contributed by atoms with E-state index in [9.17, 15) is 4.79 Å². The molecular formula is C15H26ClN5O. The van der Waals surface area contributed by atoms with E-state index in [1.54, 1.807) is 4.68 Å². The highest BCUT2D eigenvalue weighted by Crippen LogP contribution is 2.25. The minimum absolute atomic E-state index is 0.0791. The third-order valence-electron chi connectivity index (χ3n) is 4.13. The van der Waals surface area contributed by atoms with Crippen molar-refractivity contribution in [3.63, 3.8) is 0 Å². The average molecular weight is 328 g/mol. The van der Waals surface area contributed by atoms with Gasteiger partial charge < -0.3 is 10.6 Å². The first-order valence-corrected chi connectivity index (χ1v) is 8.37. The van der Waals surface area contributed by atoms with Gasteiger partial charge in [0.05, 0.1) is 5.69 Å².